The van der Waals surface area contributed by atoms with Crippen LogP contribution in [0.25, 0.3) is 6.08 Å². The lowest BCUT2D eigenvalue weighted by molar-refractivity contribution is 0.660. The van der Waals surface area contributed by atoms with Gasteiger partial charge in [0.25, 0.3) is 0 Å². The summed E-state index contributed by atoms with van der Waals surface area (Å²) in [6.07, 6.45) is 4.66. The minimum Gasteiger partial charge on any atom is -0.314 e. The number of halogens is 1. The highest BCUT2D eigenvalue weighted by molar-refractivity contribution is 9.10. The third kappa shape index (κ3) is 2.32. The Balaban J connectivity index is 2.33. The number of nitrogens with one attached hydrogen (secondary N) is 1. The van der Waals surface area contributed by atoms with Gasteiger partial charge in [-0.1, -0.05) is 33.6 Å². The molecule has 1 aliphatic rings. The van der Waals surface area contributed by atoms with Crippen molar-refractivity contribution >= 4 is 22.0 Å². The molecule has 0 saturated heterocycles. The van der Waals surface area contributed by atoms with E-state index in [0.29, 0.717) is 6.04 Å². The van der Waals surface area contributed by atoms with Crippen molar-refractivity contribution < 1.29 is 0 Å². The number of aryl methyl sites for hydroxylation is 1. The molecule has 0 aromatic heterocycles. The molecule has 1 nitrogen and oxygen atoms in total. The van der Waals surface area contributed by atoms with E-state index in [-0.39, 0.29) is 0 Å². The van der Waals surface area contributed by atoms with Crippen molar-refractivity contribution in [1.29, 1.82) is 0 Å². The maximum Gasteiger partial charge on any atom is 0.0251 e. The predicted octanol–water partition coefficient (Wildman–Crippen LogP) is 3.39. The van der Waals surface area contributed by atoms with Crippen LogP contribution in [0.5, 0.6) is 0 Å². The van der Waals surface area contributed by atoms with Gasteiger partial charge in [-0.15, -0.1) is 0 Å². The van der Waals surface area contributed by atoms with Gasteiger partial charge in [-0.2, -0.15) is 0 Å². The zero-order chi connectivity index (χ0) is 10.8. The van der Waals surface area contributed by atoms with E-state index in [9.17, 15) is 0 Å². The topological polar surface area (TPSA) is 12.0 Å². The quantitative estimate of drug-likeness (QED) is 0.865. The van der Waals surface area contributed by atoms with Gasteiger partial charge in [0.1, 0.15) is 0 Å². The molecule has 0 aliphatic heterocycles. The van der Waals surface area contributed by atoms with E-state index in [1.165, 1.54) is 27.6 Å². The van der Waals surface area contributed by atoms with Crippen molar-refractivity contribution in [2.24, 2.45) is 0 Å². The van der Waals surface area contributed by atoms with E-state index < -0.39 is 0 Å². The average molecular weight is 266 g/mol. The fraction of sp³-hybridized carbons (Fsp3) is 0.385. The van der Waals surface area contributed by atoms with E-state index in [0.717, 1.165) is 6.42 Å². The Labute approximate surface area is 99.7 Å². The van der Waals surface area contributed by atoms with Crippen molar-refractivity contribution in [3.05, 3.63) is 39.4 Å². The second-order valence-corrected chi connectivity index (χ2v) is 4.99. The highest BCUT2D eigenvalue weighted by Crippen LogP contribution is 2.27. The van der Waals surface area contributed by atoms with Crippen LogP contribution >= 0.6 is 15.9 Å². The van der Waals surface area contributed by atoms with Gasteiger partial charge in [-0.25, -0.2) is 0 Å². The maximum absolute atomic E-state index is 3.52. The SMILES string of the molecule is CNC(C)C1=Cc2ccc(Br)cc2CC1. The third-order valence-corrected chi connectivity index (χ3v) is 3.61. The minimum absolute atomic E-state index is 0.488. The van der Waals surface area contributed by atoms with Gasteiger partial charge in [0, 0.05) is 10.5 Å². The molecule has 1 aromatic carbocycles. The molecule has 15 heavy (non-hydrogen) atoms. The number of hydrogen-bond acceptors (Lipinski definition) is 1. The zero-order valence-corrected chi connectivity index (χ0v) is 10.8. The van der Waals surface area contributed by atoms with Crippen LogP contribution in [-0.2, 0) is 6.42 Å². The molecule has 0 fully saturated rings. The van der Waals surface area contributed by atoms with Crippen molar-refractivity contribution in [1.82, 2.24) is 5.32 Å². The normalized spacial score (nSPS) is 16.9. The fourth-order valence-corrected chi connectivity index (χ4v) is 2.42. The van der Waals surface area contributed by atoms with E-state index in [1.807, 2.05) is 7.05 Å². The Morgan fingerprint density at radius 1 is 1.33 bits per heavy atom. The minimum atomic E-state index is 0.488. The van der Waals surface area contributed by atoms with E-state index in [2.05, 4.69) is 52.4 Å². The number of fused-ring (bicyclic) bond motifs is 1. The van der Waals surface area contributed by atoms with E-state index in [4.69, 9.17) is 0 Å². The summed E-state index contributed by atoms with van der Waals surface area (Å²) in [5.41, 5.74) is 4.34. The highest BCUT2D eigenvalue weighted by atomic mass is 79.9. The third-order valence-electron chi connectivity index (χ3n) is 3.12. The van der Waals surface area contributed by atoms with Gasteiger partial charge in [0.2, 0.25) is 0 Å². The summed E-state index contributed by atoms with van der Waals surface area (Å²) in [4.78, 5) is 0. The molecule has 0 amide bonds. The van der Waals surface area contributed by atoms with E-state index >= 15 is 0 Å². The van der Waals surface area contributed by atoms with Crippen LogP contribution in [0, 0.1) is 0 Å². The molecule has 2 rings (SSSR count). The fourth-order valence-electron chi connectivity index (χ4n) is 2.01. The smallest absolute Gasteiger partial charge is 0.0251 e. The van der Waals surface area contributed by atoms with Crippen LogP contribution in [0.4, 0.5) is 0 Å². The second-order valence-electron chi connectivity index (χ2n) is 4.07. The first-order chi connectivity index (χ1) is 7.20. The van der Waals surface area contributed by atoms with Crippen LogP contribution in [0.1, 0.15) is 24.5 Å². The molecule has 1 atom stereocenters. The molecule has 1 N–H and O–H groups in total. The molecule has 2 heteroatoms. The Bertz CT molecular complexity index is 396. The monoisotopic (exact) mass is 265 g/mol. The molecular formula is C13H16BrN. The molecule has 1 aromatic rings. The molecule has 0 heterocycles. The van der Waals surface area contributed by atoms with Crippen LogP contribution < -0.4 is 5.32 Å². The number of rotatable bonds is 2. The molecule has 1 aliphatic carbocycles. The van der Waals surface area contributed by atoms with Gasteiger partial charge in [-0.3, -0.25) is 0 Å². The van der Waals surface area contributed by atoms with Crippen molar-refractivity contribution in [2.45, 2.75) is 25.8 Å². The predicted molar refractivity (Wildman–Crippen MR) is 69.0 cm³/mol. The molecule has 0 saturated carbocycles. The van der Waals surface area contributed by atoms with Crippen molar-refractivity contribution in [3.8, 4) is 0 Å². The van der Waals surface area contributed by atoms with Crippen LogP contribution in [-0.4, -0.2) is 13.1 Å². The summed E-state index contributed by atoms with van der Waals surface area (Å²) in [7, 11) is 2.02. The Kier molecular flexibility index (Phi) is 3.27. The van der Waals surface area contributed by atoms with Gasteiger partial charge < -0.3 is 5.32 Å². The molecule has 0 bridgehead atoms. The summed E-state index contributed by atoms with van der Waals surface area (Å²) in [5.74, 6) is 0. The maximum atomic E-state index is 3.52. The van der Waals surface area contributed by atoms with Crippen molar-refractivity contribution in [3.63, 3.8) is 0 Å². The summed E-state index contributed by atoms with van der Waals surface area (Å²) in [5, 5.41) is 3.30. The van der Waals surface area contributed by atoms with Crippen LogP contribution in [0.15, 0.2) is 28.2 Å². The second kappa shape index (κ2) is 4.50. The number of likely N-dealkylation sites (N-methyl/N-ethyl adjacent to an activating group) is 1. The van der Waals surface area contributed by atoms with Gasteiger partial charge in [0.05, 0.1) is 0 Å². The first-order valence-corrected chi connectivity index (χ1v) is 6.16. The Morgan fingerprint density at radius 2 is 2.13 bits per heavy atom. The first kappa shape index (κ1) is 10.9. The van der Waals surface area contributed by atoms with Gasteiger partial charge >= 0.3 is 0 Å². The highest BCUT2D eigenvalue weighted by Gasteiger charge is 2.13. The average Bonchev–Trinajstić information content (AvgIpc) is 2.27. The Morgan fingerprint density at radius 3 is 2.87 bits per heavy atom. The number of benzene rings is 1. The summed E-state index contributed by atoms with van der Waals surface area (Å²) >= 11 is 3.52. The molecule has 0 spiro atoms. The molecular weight excluding hydrogens is 250 g/mol. The van der Waals surface area contributed by atoms with Crippen LogP contribution in [0.2, 0.25) is 0 Å². The van der Waals surface area contributed by atoms with Gasteiger partial charge in [0.15, 0.2) is 0 Å². The van der Waals surface area contributed by atoms with Crippen LogP contribution in [0.3, 0.4) is 0 Å². The first-order valence-electron chi connectivity index (χ1n) is 5.37. The summed E-state index contributed by atoms with van der Waals surface area (Å²) in [6, 6.07) is 7.03. The molecule has 80 valence electrons. The molecule has 1 unspecified atom stereocenters. The molecule has 0 radical (unpaired) electrons. The largest absolute Gasteiger partial charge is 0.314 e. The lowest BCUT2D eigenvalue weighted by Crippen LogP contribution is -2.24. The summed E-state index contributed by atoms with van der Waals surface area (Å²) in [6.45, 7) is 2.22. The van der Waals surface area contributed by atoms with Crippen molar-refractivity contribution in [2.75, 3.05) is 7.05 Å². The zero-order valence-electron chi connectivity index (χ0n) is 9.18. The Hall–Kier alpha value is -0.600. The standard InChI is InChI=1S/C13H16BrN/c1-9(15-2)10-3-4-12-8-13(14)6-5-11(12)7-10/h5-9,15H,3-4H2,1-2H3. The lowest BCUT2D eigenvalue weighted by atomic mass is 9.89. The lowest BCUT2D eigenvalue weighted by Gasteiger charge is -2.21. The number of hydrogen-bond donors (Lipinski definition) is 1. The van der Waals surface area contributed by atoms with Gasteiger partial charge in [-0.05, 0) is 50.1 Å². The van der Waals surface area contributed by atoms with E-state index in [1.54, 1.807) is 0 Å². The summed E-state index contributed by atoms with van der Waals surface area (Å²) < 4.78 is 1.18.